The second-order valence-corrected chi connectivity index (χ2v) is 6.22. The fourth-order valence-corrected chi connectivity index (χ4v) is 3.67. The molecule has 0 amide bonds. The Balaban J connectivity index is 2.19. The molecule has 2 aliphatic rings. The molecule has 0 radical (unpaired) electrons. The molecule has 106 valence electrons. The van der Waals surface area contributed by atoms with Crippen molar-refractivity contribution >= 4 is 22.6 Å². The van der Waals surface area contributed by atoms with Crippen molar-refractivity contribution in [2.24, 2.45) is 10.7 Å². The molecule has 3 rings (SSSR count). The molecule has 0 bridgehead atoms. The van der Waals surface area contributed by atoms with Gasteiger partial charge >= 0.3 is 0 Å². The van der Waals surface area contributed by atoms with Crippen LogP contribution in [-0.2, 0) is 5.54 Å². The molecule has 0 saturated heterocycles. The number of alkyl halides is 2. The van der Waals surface area contributed by atoms with Gasteiger partial charge in [0, 0.05) is 11.3 Å². The molecule has 7 heteroatoms. The number of hydrogen-bond acceptors (Lipinski definition) is 4. The van der Waals surface area contributed by atoms with Gasteiger partial charge in [0.15, 0.2) is 5.17 Å². The van der Waals surface area contributed by atoms with E-state index in [0.717, 1.165) is 17.8 Å². The van der Waals surface area contributed by atoms with E-state index in [1.165, 1.54) is 12.1 Å². The summed E-state index contributed by atoms with van der Waals surface area (Å²) in [6.07, 6.45) is 1.56. The number of benzene rings is 1. The van der Waals surface area contributed by atoms with Crippen molar-refractivity contribution in [2.45, 2.75) is 10.3 Å². The summed E-state index contributed by atoms with van der Waals surface area (Å²) in [6, 6.07) is 3.85. The minimum Gasteiger partial charge on any atom is -0.399 e. The number of nitrogens with two attached hydrogens (primary N) is 2. The fourth-order valence-electron chi connectivity index (χ4n) is 2.59. The first-order chi connectivity index (χ1) is 9.47. The van der Waals surface area contributed by atoms with Gasteiger partial charge in [-0.25, -0.2) is 18.2 Å². The third-order valence-electron chi connectivity index (χ3n) is 3.61. The number of thioether (sulfide) groups is 1. The summed E-state index contributed by atoms with van der Waals surface area (Å²) < 4.78 is 40.1. The Morgan fingerprint density at radius 3 is 2.60 bits per heavy atom. The molecule has 0 fully saturated rings. The molecule has 1 aliphatic carbocycles. The van der Waals surface area contributed by atoms with E-state index >= 15 is 0 Å². The van der Waals surface area contributed by atoms with Crippen molar-refractivity contribution in [3.63, 3.8) is 0 Å². The minimum absolute atomic E-state index is 0.00942. The van der Waals surface area contributed by atoms with Gasteiger partial charge in [-0.2, -0.15) is 0 Å². The first kappa shape index (κ1) is 13.4. The lowest BCUT2D eigenvalue weighted by atomic mass is 9.86. The van der Waals surface area contributed by atoms with E-state index in [1.807, 2.05) is 0 Å². The Bertz CT molecular complexity index is 646. The molecule has 0 saturated carbocycles. The Hall–Kier alpha value is -1.63. The van der Waals surface area contributed by atoms with Crippen LogP contribution in [0.3, 0.4) is 0 Å². The van der Waals surface area contributed by atoms with Gasteiger partial charge in [0.1, 0.15) is 24.7 Å². The summed E-state index contributed by atoms with van der Waals surface area (Å²) in [5.74, 6) is -0.638. The summed E-state index contributed by atoms with van der Waals surface area (Å²) in [4.78, 5) is 4.07. The van der Waals surface area contributed by atoms with Crippen molar-refractivity contribution in [1.29, 1.82) is 0 Å². The number of rotatable bonds is 3. The third kappa shape index (κ3) is 1.65. The summed E-state index contributed by atoms with van der Waals surface area (Å²) in [7, 11) is 0. The molecule has 2 atom stereocenters. The van der Waals surface area contributed by atoms with Crippen LogP contribution in [0.1, 0.15) is 5.56 Å². The van der Waals surface area contributed by atoms with Crippen molar-refractivity contribution in [3.05, 3.63) is 41.2 Å². The highest BCUT2D eigenvalue weighted by atomic mass is 32.2. The van der Waals surface area contributed by atoms with Gasteiger partial charge in [-0.15, -0.1) is 0 Å². The number of nitrogen functional groups attached to an aromatic ring is 1. The average molecular weight is 299 g/mol. The quantitative estimate of drug-likeness (QED) is 0.665. The van der Waals surface area contributed by atoms with Crippen LogP contribution in [0.4, 0.5) is 18.9 Å². The number of aliphatic imine (C=N–C) groups is 1. The number of amidine groups is 1. The summed E-state index contributed by atoms with van der Waals surface area (Å²) in [5.41, 5.74) is 10.4. The second-order valence-electron chi connectivity index (χ2n) is 4.87. The minimum atomic E-state index is -1.60. The van der Waals surface area contributed by atoms with Crippen LogP contribution in [0, 0.1) is 5.82 Å². The van der Waals surface area contributed by atoms with Crippen molar-refractivity contribution < 1.29 is 13.2 Å². The van der Waals surface area contributed by atoms with Crippen LogP contribution in [0.15, 0.2) is 34.8 Å². The first-order valence-electron chi connectivity index (χ1n) is 5.93. The third-order valence-corrected chi connectivity index (χ3v) is 4.72. The molecule has 1 aromatic rings. The molecule has 1 aliphatic heterocycles. The molecule has 1 aromatic carbocycles. The zero-order chi connectivity index (χ0) is 14.5. The van der Waals surface area contributed by atoms with E-state index in [4.69, 9.17) is 11.5 Å². The van der Waals surface area contributed by atoms with Crippen LogP contribution >= 0.6 is 11.8 Å². The molecule has 0 unspecified atom stereocenters. The van der Waals surface area contributed by atoms with Gasteiger partial charge in [0.25, 0.3) is 0 Å². The van der Waals surface area contributed by atoms with Crippen LogP contribution in [-0.4, -0.2) is 23.3 Å². The number of anilines is 1. The Kier molecular flexibility index (Phi) is 2.79. The maximum atomic E-state index is 14.1. The summed E-state index contributed by atoms with van der Waals surface area (Å²) in [6.45, 7) is -1.73. The number of hydrogen-bond donors (Lipinski definition) is 2. The van der Waals surface area contributed by atoms with E-state index in [9.17, 15) is 13.2 Å². The smallest absolute Gasteiger partial charge is 0.156 e. The number of nitrogens with zero attached hydrogens (tertiary/aromatic N) is 1. The van der Waals surface area contributed by atoms with Crippen LogP contribution in [0.2, 0.25) is 0 Å². The predicted molar refractivity (Wildman–Crippen MR) is 74.5 cm³/mol. The van der Waals surface area contributed by atoms with Crippen LogP contribution < -0.4 is 11.5 Å². The zero-order valence-corrected chi connectivity index (χ0v) is 11.2. The number of halogens is 3. The van der Waals surface area contributed by atoms with E-state index in [2.05, 4.69) is 4.99 Å². The van der Waals surface area contributed by atoms with Gasteiger partial charge in [-0.3, -0.25) is 0 Å². The SMILES string of the molecule is NC1=N[C@](CF)(c2cc(N)ccc2F)C2=C[C@]2(CF)S1. The average Bonchev–Trinajstić information content (AvgIpc) is 3.16. The molecule has 1 heterocycles. The lowest BCUT2D eigenvalue weighted by Crippen LogP contribution is -2.39. The lowest BCUT2D eigenvalue weighted by molar-refractivity contribution is 0.340. The first-order valence-corrected chi connectivity index (χ1v) is 6.75. The predicted octanol–water partition coefficient (Wildman–Crippen LogP) is 2.28. The van der Waals surface area contributed by atoms with E-state index in [-0.39, 0.29) is 16.4 Å². The molecule has 20 heavy (non-hydrogen) atoms. The fraction of sp³-hybridized carbons (Fsp3) is 0.308. The molecular formula is C13H12F3N3S. The van der Waals surface area contributed by atoms with Crippen molar-refractivity contribution in [3.8, 4) is 0 Å². The highest BCUT2D eigenvalue weighted by molar-refractivity contribution is 8.15. The van der Waals surface area contributed by atoms with Crippen molar-refractivity contribution in [1.82, 2.24) is 0 Å². The van der Waals surface area contributed by atoms with E-state index < -0.39 is 29.5 Å². The van der Waals surface area contributed by atoms with Gasteiger partial charge in [-0.05, 0) is 23.8 Å². The van der Waals surface area contributed by atoms with Crippen LogP contribution in [0.25, 0.3) is 0 Å². The van der Waals surface area contributed by atoms with E-state index in [1.54, 1.807) is 6.08 Å². The Morgan fingerprint density at radius 2 is 1.95 bits per heavy atom. The lowest BCUT2D eigenvalue weighted by Gasteiger charge is -2.33. The second kappa shape index (κ2) is 4.18. The van der Waals surface area contributed by atoms with Gasteiger partial charge < -0.3 is 11.5 Å². The Labute approximate surface area is 117 Å². The topological polar surface area (TPSA) is 64.4 Å². The zero-order valence-electron chi connectivity index (χ0n) is 10.4. The molecular weight excluding hydrogens is 287 g/mol. The molecule has 0 spiro atoms. The number of fused-ring (bicyclic) bond motifs is 1. The maximum Gasteiger partial charge on any atom is 0.156 e. The molecule has 0 aromatic heterocycles. The van der Waals surface area contributed by atoms with Crippen LogP contribution in [0.5, 0.6) is 0 Å². The summed E-state index contributed by atoms with van der Waals surface area (Å²) >= 11 is 1.02. The normalized spacial score (nSPS) is 31.4. The largest absolute Gasteiger partial charge is 0.399 e. The van der Waals surface area contributed by atoms with Crippen molar-refractivity contribution in [2.75, 3.05) is 19.1 Å². The summed E-state index contributed by atoms with van der Waals surface area (Å²) in [5, 5.41) is 0.0413. The monoisotopic (exact) mass is 299 g/mol. The Morgan fingerprint density at radius 1 is 1.20 bits per heavy atom. The molecule has 3 nitrogen and oxygen atoms in total. The maximum absolute atomic E-state index is 14.1. The van der Waals surface area contributed by atoms with Gasteiger partial charge in [0.05, 0.1) is 4.75 Å². The highest BCUT2D eigenvalue weighted by Gasteiger charge is 2.60. The van der Waals surface area contributed by atoms with E-state index in [0.29, 0.717) is 5.57 Å². The standard InChI is InChI=1S/C13H12F3N3S/c14-5-12-4-10(12)13(6-15,19-11(18)20-12)8-3-7(17)1-2-9(8)16/h1-4H,5-6,17H2,(H2,18,19)/t12-,13-/m1/s1. The highest BCUT2D eigenvalue weighted by Crippen LogP contribution is 2.60. The van der Waals surface area contributed by atoms with Gasteiger partial charge in [0.2, 0.25) is 0 Å². The van der Waals surface area contributed by atoms with Gasteiger partial charge in [-0.1, -0.05) is 17.8 Å². The molecule has 4 N–H and O–H groups in total.